The number of rotatable bonds is 14. The van der Waals surface area contributed by atoms with Gasteiger partial charge in [0.25, 0.3) is 0 Å². The van der Waals surface area contributed by atoms with Gasteiger partial charge in [-0.05, 0) is 106 Å². The summed E-state index contributed by atoms with van der Waals surface area (Å²) >= 11 is 0. The van der Waals surface area contributed by atoms with Crippen LogP contribution in [0, 0.1) is 18.8 Å². The lowest BCUT2D eigenvalue weighted by atomic mass is 9.92. The maximum absolute atomic E-state index is 11.4. The standard InChI is InChI=1S/C28H42N2O2.C12H19N/c1-8-21(4)26(28(9-2)32-10-3)16-11-22(5)24-19-27(30(20-24)17-18-31)23-12-14-25(15-13-23)29(6)7;1-5-10-7-9(3)8-11(6-2)12(10)13-4/h9,11-16,18,21,24,27H,8,10,17,19-20H2,1-7H3;7-8,13H,5-6H2,1-4H3/b22-11+,26-16-,28-9+;/t21?,24-,27-;/m1./s1. The number of carbonyl (C=O) groups is 1. The SMILES string of the molecule is CCc1cc(C)cc(CC)c1NC.C\C=C(OCC)/C(=C\C=C(/C)[C@@H]1C[C@H](c2ccc(N(C)C)cc2)N(CC=O)C1)C(C)CC. The molecule has 2 aromatic rings. The van der Waals surface area contributed by atoms with E-state index in [4.69, 9.17) is 4.74 Å². The van der Waals surface area contributed by atoms with Gasteiger partial charge in [0, 0.05) is 45.1 Å². The molecule has 0 spiro atoms. The van der Waals surface area contributed by atoms with Gasteiger partial charge in [0.15, 0.2) is 0 Å². The van der Waals surface area contributed by atoms with Gasteiger partial charge in [0.2, 0.25) is 0 Å². The van der Waals surface area contributed by atoms with Gasteiger partial charge in [-0.15, -0.1) is 0 Å². The number of hydrogen-bond acceptors (Lipinski definition) is 5. The third-order valence-electron chi connectivity index (χ3n) is 9.12. The molecule has 2 aromatic carbocycles. The highest BCUT2D eigenvalue weighted by molar-refractivity contribution is 5.59. The lowest BCUT2D eigenvalue weighted by Gasteiger charge is -2.23. The van der Waals surface area contributed by atoms with Crippen LogP contribution in [0.4, 0.5) is 11.4 Å². The summed E-state index contributed by atoms with van der Waals surface area (Å²) < 4.78 is 5.90. The summed E-state index contributed by atoms with van der Waals surface area (Å²) in [6, 6.07) is 13.6. The molecule has 5 heteroatoms. The first-order chi connectivity index (χ1) is 21.6. The maximum Gasteiger partial charge on any atom is 0.134 e. The summed E-state index contributed by atoms with van der Waals surface area (Å²) in [5.41, 5.74) is 10.7. The fourth-order valence-electron chi connectivity index (χ4n) is 6.25. The third-order valence-corrected chi connectivity index (χ3v) is 9.12. The molecule has 1 heterocycles. The van der Waals surface area contributed by atoms with Crippen molar-refractivity contribution in [1.29, 1.82) is 0 Å². The van der Waals surface area contributed by atoms with E-state index in [-0.39, 0.29) is 6.04 Å². The Hall–Kier alpha value is -3.31. The molecule has 248 valence electrons. The van der Waals surface area contributed by atoms with Gasteiger partial charge < -0.3 is 19.7 Å². The Labute approximate surface area is 275 Å². The van der Waals surface area contributed by atoms with Crippen LogP contribution >= 0.6 is 0 Å². The molecule has 1 fully saturated rings. The van der Waals surface area contributed by atoms with E-state index in [1.165, 1.54) is 44.8 Å². The summed E-state index contributed by atoms with van der Waals surface area (Å²) in [6.07, 6.45) is 11.9. The number of allylic oxidation sites excluding steroid dienone is 4. The lowest BCUT2D eigenvalue weighted by molar-refractivity contribution is -0.109. The number of likely N-dealkylation sites (tertiary alicyclic amines) is 1. The van der Waals surface area contributed by atoms with Crippen molar-refractivity contribution in [3.8, 4) is 0 Å². The predicted octanol–water partition coefficient (Wildman–Crippen LogP) is 9.34. The molecule has 0 aliphatic carbocycles. The van der Waals surface area contributed by atoms with Crippen LogP contribution in [0.3, 0.4) is 0 Å². The first-order valence-corrected chi connectivity index (χ1v) is 17.0. The van der Waals surface area contributed by atoms with E-state index in [1.807, 2.05) is 20.9 Å². The van der Waals surface area contributed by atoms with Crippen molar-refractivity contribution in [3.05, 3.63) is 93.8 Å². The highest BCUT2D eigenvalue weighted by atomic mass is 16.5. The first-order valence-electron chi connectivity index (χ1n) is 17.0. The monoisotopic (exact) mass is 615 g/mol. The number of aryl methyl sites for hydroxylation is 3. The van der Waals surface area contributed by atoms with Crippen LogP contribution in [0.2, 0.25) is 0 Å². The second kappa shape index (κ2) is 19.3. The van der Waals surface area contributed by atoms with Gasteiger partial charge in [-0.1, -0.05) is 75.2 Å². The minimum Gasteiger partial charge on any atom is -0.494 e. The smallest absolute Gasteiger partial charge is 0.134 e. The molecule has 3 rings (SSSR count). The molecular weight excluding hydrogens is 554 g/mol. The normalized spacial score (nSPS) is 18.2. The number of carbonyl (C=O) groups excluding carboxylic acids is 1. The van der Waals surface area contributed by atoms with Crippen molar-refractivity contribution in [2.24, 2.45) is 11.8 Å². The molecule has 1 saturated heterocycles. The summed E-state index contributed by atoms with van der Waals surface area (Å²) in [6.45, 7) is 19.4. The Kier molecular flexibility index (Phi) is 16.2. The van der Waals surface area contributed by atoms with Crippen molar-refractivity contribution < 1.29 is 9.53 Å². The van der Waals surface area contributed by atoms with Crippen molar-refractivity contribution in [3.63, 3.8) is 0 Å². The van der Waals surface area contributed by atoms with Crippen LogP contribution < -0.4 is 10.2 Å². The summed E-state index contributed by atoms with van der Waals surface area (Å²) in [4.78, 5) is 15.8. The van der Waals surface area contributed by atoms with Crippen LogP contribution in [0.1, 0.15) is 89.6 Å². The van der Waals surface area contributed by atoms with Gasteiger partial charge >= 0.3 is 0 Å². The maximum atomic E-state index is 11.4. The average molecular weight is 616 g/mol. The van der Waals surface area contributed by atoms with Crippen LogP contribution in [0.25, 0.3) is 0 Å². The second-order valence-corrected chi connectivity index (χ2v) is 12.4. The van der Waals surface area contributed by atoms with Crippen LogP contribution in [-0.4, -0.2) is 52.0 Å². The topological polar surface area (TPSA) is 44.8 Å². The minimum atomic E-state index is 0.275. The molecule has 1 N–H and O–H groups in total. The number of hydrogen-bond donors (Lipinski definition) is 1. The number of nitrogens with one attached hydrogen (secondary N) is 1. The molecule has 1 aliphatic rings. The minimum absolute atomic E-state index is 0.275. The lowest BCUT2D eigenvalue weighted by Crippen LogP contribution is -2.26. The Balaban J connectivity index is 0.000000452. The molecule has 5 nitrogen and oxygen atoms in total. The first kappa shape index (κ1) is 37.9. The molecule has 0 saturated carbocycles. The predicted molar refractivity (Wildman–Crippen MR) is 195 cm³/mol. The molecule has 0 bridgehead atoms. The number of aldehydes is 1. The Morgan fingerprint density at radius 1 is 1.07 bits per heavy atom. The molecular formula is C40H61N3O2. The zero-order valence-corrected chi connectivity index (χ0v) is 30.2. The Morgan fingerprint density at radius 3 is 2.16 bits per heavy atom. The van der Waals surface area contributed by atoms with Gasteiger partial charge in [-0.25, -0.2) is 0 Å². The molecule has 1 aliphatic heterocycles. The molecule has 3 atom stereocenters. The highest BCUT2D eigenvalue weighted by Gasteiger charge is 2.33. The zero-order chi connectivity index (χ0) is 33.5. The molecule has 0 radical (unpaired) electrons. The third kappa shape index (κ3) is 10.6. The van der Waals surface area contributed by atoms with E-state index in [0.29, 0.717) is 25.0 Å². The van der Waals surface area contributed by atoms with Crippen molar-refractivity contribution >= 4 is 17.7 Å². The van der Waals surface area contributed by atoms with E-state index < -0.39 is 0 Å². The molecule has 0 aromatic heterocycles. The van der Waals surface area contributed by atoms with Crippen molar-refractivity contribution in [2.75, 3.05) is 51.1 Å². The van der Waals surface area contributed by atoms with Crippen molar-refractivity contribution in [1.82, 2.24) is 4.90 Å². The molecule has 1 unspecified atom stereocenters. The summed E-state index contributed by atoms with van der Waals surface area (Å²) in [7, 11) is 6.11. The largest absolute Gasteiger partial charge is 0.494 e. The Bertz CT molecular complexity index is 1260. The van der Waals surface area contributed by atoms with E-state index in [1.54, 1.807) is 0 Å². The zero-order valence-electron chi connectivity index (χ0n) is 30.2. The van der Waals surface area contributed by atoms with E-state index in [0.717, 1.165) is 44.3 Å². The van der Waals surface area contributed by atoms with Crippen LogP contribution in [-0.2, 0) is 22.4 Å². The van der Waals surface area contributed by atoms with Gasteiger partial charge in [0.1, 0.15) is 12.0 Å². The van der Waals surface area contributed by atoms with Gasteiger partial charge in [-0.2, -0.15) is 0 Å². The van der Waals surface area contributed by atoms with E-state index in [9.17, 15) is 4.79 Å². The number of nitrogens with zero attached hydrogens (tertiary/aromatic N) is 2. The van der Waals surface area contributed by atoms with Gasteiger partial charge in [0.05, 0.1) is 13.2 Å². The number of ether oxygens (including phenoxy) is 1. The Morgan fingerprint density at radius 2 is 1.69 bits per heavy atom. The quantitative estimate of drug-likeness (QED) is 0.130. The molecule has 0 amide bonds. The fraction of sp³-hybridized carbons (Fsp3) is 0.525. The number of benzene rings is 2. The van der Waals surface area contributed by atoms with Gasteiger partial charge in [-0.3, -0.25) is 4.90 Å². The summed E-state index contributed by atoms with van der Waals surface area (Å²) in [5.74, 6) is 1.86. The fourth-order valence-corrected chi connectivity index (χ4v) is 6.25. The number of anilines is 2. The molecule has 45 heavy (non-hydrogen) atoms. The van der Waals surface area contributed by atoms with E-state index >= 15 is 0 Å². The van der Waals surface area contributed by atoms with Crippen LogP contribution in [0.15, 0.2) is 71.5 Å². The van der Waals surface area contributed by atoms with Crippen molar-refractivity contribution in [2.45, 2.75) is 87.1 Å². The van der Waals surface area contributed by atoms with E-state index in [2.05, 4.69) is 125 Å². The summed E-state index contributed by atoms with van der Waals surface area (Å²) in [5, 5.41) is 3.29. The van der Waals surface area contributed by atoms with Crippen LogP contribution in [0.5, 0.6) is 0 Å². The average Bonchev–Trinajstić information content (AvgIpc) is 3.47. The second-order valence-electron chi connectivity index (χ2n) is 12.4. The highest BCUT2D eigenvalue weighted by Crippen LogP contribution is 2.39.